The highest BCUT2D eigenvalue weighted by Gasteiger charge is 2.11. The van der Waals surface area contributed by atoms with E-state index in [9.17, 15) is 4.79 Å². The van der Waals surface area contributed by atoms with Gasteiger partial charge in [0.2, 0.25) is 11.9 Å². The van der Waals surface area contributed by atoms with Gasteiger partial charge in [0.15, 0.2) is 0 Å². The molecule has 1 heterocycles. The Hall–Kier alpha value is -1.16. The number of hydrogen-bond donors (Lipinski definition) is 1. The van der Waals surface area contributed by atoms with Crippen molar-refractivity contribution < 1.29 is 4.79 Å². The van der Waals surface area contributed by atoms with Crippen molar-refractivity contribution >= 4 is 23.5 Å². The van der Waals surface area contributed by atoms with Crippen LogP contribution in [0.2, 0.25) is 5.15 Å². The van der Waals surface area contributed by atoms with Crippen molar-refractivity contribution in [2.75, 3.05) is 5.32 Å². The molecule has 0 radical (unpaired) electrons. The molecule has 5 heteroatoms. The number of nitrogens with one attached hydrogen (secondary N) is 1. The second kappa shape index (κ2) is 4.91. The highest BCUT2D eigenvalue weighted by molar-refractivity contribution is 6.29. The number of amides is 1. The van der Waals surface area contributed by atoms with Crippen molar-refractivity contribution in [3.8, 4) is 0 Å². The summed E-state index contributed by atoms with van der Waals surface area (Å²) in [5.41, 5.74) is 0. The van der Waals surface area contributed by atoms with E-state index in [1.807, 2.05) is 13.8 Å². The summed E-state index contributed by atoms with van der Waals surface area (Å²) in [6.07, 6.45) is 2.29. The first-order chi connectivity index (χ1) is 6.63. The summed E-state index contributed by atoms with van der Waals surface area (Å²) in [5.74, 6) is 0.121. The fourth-order valence-corrected chi connectivity index (χ4v) is 0.952. The second-order valence-electron chi connectivity index (χ2n) is 3.00. The van der Waals surface area contributed by atoms with Crippen LogP contribution < -0.4 is 5.32 Å². The molecule has 0 aliphatic rings. The van der Waals surface area contributed by atoms with Crippen LogP contribution in [-0.2, 0) is 4.79 Å². The van der Waals surface area contributed by atoms with Gasteiger partial charge in [0.05, 0.1) is 0 Å². The first kappa shape index (κ1) is 10.9. The lowest BCUT2D eigenvalue weighted by molar-refractivity contribution is -0.119. The minimum atomic E-state index is -0.0882. The number of rotatable bonds is 3. The van der Waals surface area contributed by atoms with Crippen LogP contribution in [0.15, 0.2) is 12.3 Å². The van der Waals surface area contributed by atoms with Crippen LogP contribution in [0.5, 0.6) is 0 Å². The Morgan fingerprint density at radius 2 is 2.43 bits per heavy atom. The molecule has 0 saturated heterocycles. The van der Waals surface area contributed by atoms with Crippen molar-refractivity contribution in [2.24, 2.45) is 5.92 Å². The Morgan fingerprint density at radius 1 is 1.71 bits per heavy atom. The maximum absolute atomic E-state index is 11.4. The monoisotopic (exact) mass is 213 g/mol. The van der Waals surface area contributed by atoms with Gasteiger partial charge < -0.3 is 0 Å². The van der Waals surface area contributed by atoms with Gasteiger partial charge in [0, 0.05) is 12.1 Å². The number of carbonyl (C=O) groups is 1. The van der Waals surface area contributed by atoms with Crippen molar-refractivity contribution in [1.82, 2.24) is 9.97 Å². The van der Waals surface area contributed by atoms with E-state index < -0.39 is 0 Å². The zero-order chi connectivity index (χ0) is 10.6. The number of carbonyl (C=O) groups excluding carboxylic acids is 1. The van der Waals surface area contributed by atoms with E-state index in [2.05, 4.69) is 15.3 Å². The van der Waals surface area contributed by atoms with Gasteiger partial charge >= 0.3 is 0 Å². The minimum absolute atomic E-state index is 0.0439. The van der Waals surface area contributed by atoms with Gasteiger partial charge in [-0.15, -0.1) is 0 Å². The molecule has 14 heavy (non-hydrogen) atoms. The maximum Gasteiger partial charge on any atom is 0.230 e. The standard InChI is InChI=1S/C9H12ClN3O/c1-3-6(2)8(14)13-9-11-5-4-7(10)12-9/h4-6H,3H2,1-2H3,(H,11,12,13,14). The van der Waals surface area contributed by atoms with E-state index in [0.717, 1.165) is 6.42 Å². The topological polar surface area (TPSA) is 54.9 Å². The first-order valence-electron chi connectivity index (χ1n) is 4.43. The zero-order valence-corrected chi connectivity index (χ0v) is 8.88. The minimum Gasteiger partial charge on any atom is -0.294 e. The van der Waals surface area contributed by atoms with E-state index in [1.54, 1.807) is 6.07 Å². The van der Waals surface area contributed by atoms with Gasteiger partial charge in [-0.3, -0.25) is 10.1 Å². The van der Waals surface area contributed by atoms with Gasteiger partial charge in [0.25, 0.3) is 0 Å². The molecule has 76 valence electrons. The molecular weight excluding hydrogens is 202 g/mol. The summed E-state index contributed by atoms with van der Waals surface area (Å²) in [5, 5.41) is 2.91. The van der Waals surface area contributed by atoms with Crippen molar-refractivity contribution in [1.29, 1.82) is 0 Å². The van der Waals surface area contributed by atoms with Gasteiger partial charge in [-0.2, -0.15) is 0 Å². The predicted molar refractivity (Wildman–Crippen MR) is 55.1 cm³/mol. The zero-order valence-electron chi connectivity index (χ0n) is 8.12. The van der Waals surface area contributed by atoms with Crippen molar-refractivity contribution in [3.05, 3.63) is 17.4 Å². The Bertz CT molecular complexity index is 330. The molecule has 1 rings (SSSR count). The van der Waals surface area contributed by atoms with Gasteiger partial charge in [-0.05, 0) is 12.5 Å². The van der Waals surface area contributed by atoms with Crippen molar-refractivity contribution in [2.45, 2.75) is 20.3 Å². The fourth-order valence-electron chi connectivity index (χ4n) is 0.816. The average Bonchev–Trinajstić information content (AvgIpc) is 2.16. The third-order valence-corrected chi connectivity index (χ3v) is 2.13. The molecule has 4 nitrogen and oxygen atoms in total. The molecular formula is C9H12ClN3O. The SMILES string of the molecule is CCC(C)C(=O)Nc1nccc(Cl)n1. The van der Waals surface area contributed by atoms with Gasteiger partial charge in [0.1, 0.15) is 5.15 Å². The van der Waals surface area contributed by atoms with E-state index in [-0.39, 0.29) is 17.8 Å². The number of aromatic nitrogens is 2. The van der Waals surface area contributed by atoms with Crippen LogP contribution in [-0.4, -0.2) is 15.9 Å². The smallest absolute Gasteiger partial charge is 0.230 e. The fraction of sp³-hybridized carbons (Fsp3) is 0.444. The highest BCUT2D eigenvalue weighted by atomic mass is 35.5. The molecule has 0 spiro atoms. The lowest BCUT2D eigenvalue weighted by Crippen LogP contribution is -2.21. The molecule has 1 aromatic rings. The Kier molecular flexibility index (Phi) is 3.83. The predicted octanol–water partition coefficient (Wildman–Crippen LogP) is 2.11. The van der Waals surface area contributed by atoms with E-state index in [4.69, 9.17) is 11.6 Å². The Balaban J connectivity index is 2.65. The van der Waals surface area contributed by atoms with Gasteiger partial charge in [-0.1, -0.05) is 25.4 Å². The molecule has 1 aromatic heterocycles. The van der Waals surface area contributed by atoms with Crippen LogP contribution in [0, 0.1) is 5.92 Å². The summed E-state index contributed by atoms with van der Waals surface area (Å²) < 4.78 is 0. The molecule has 0 fully saturated rings. The number of anilines is 1. The lowest BCUT2D eigenvalue weighted by atomic mass is 10.1. The molecule has 1 N–H and O–H groups in total. The molecule has 1 atom stereocenters. The molecule has 1 unspecified atom stereocenters. The van der Waals surface area contributed by atoms with E-state index in [0.29, 0.717) is 5.15 Å². The molecule has 0 aliphatic heterocycles. The number of nitrogens with zero attached hydrogens (tertiary/aromatic N) is 2. The summed E-state index contributed by atoms with van der Waals surface area (Å²) >= 11 is 5.64. The summed E-state index contributed by atoms with van der Waals surface area (Å²) in [7, 11) is 0. The summed E-state index contributed by atoms with van der Waals surface area (Å²) in [6.45, 7) is 3.79. The largest absolute Gasteiger partial charge is 0.294 e. The molecule has 0 saturated carbocycles. The van der Waals surface area contributed by atoms with Gasteiger partial charge in [-0.25, -0.2) is 9.97 Å². The van der Waals surface area contributed by atoms with Crippen LogP contribution in [0.1, 0.15) is 20.3 Å². The maximum atomic E-state index is 11.4. The summed E-state index contributed by atoms with van der Waals surface area (Å²) in [4.78, 5) is 19.1. The Labute approximate surface area is 87.7 Å². The molecule has 0 aliphatic carbocycles. The van der Waals surface area contributed by atoms with Crippen LogP contribution in [0.3, 0.4) is 0 Å². The third kappa shape index (κ3) is 2.96. The van der Waals surface area contributed by atoms with E-state index >= 15 is 0 Å². The van der Waals surface area contributed by atoms with Crippen LogP contribution in [0.25, 0.3) is 0 Å². The molecule has 0 bridgehead atoms. The molecule has 1 amide bonds. The first-order valence-corrected chi connectivity index (χ1v) is 4.80. The third-order valence-electron chi connectivity index (χ3n) is 1.92. The highest BCUT2D eigenvalue weighted by Crippen LogP contribution is 2.08. The number of hydrogen-bond acceptors (Lipinski definition) is 3. The van der Waals surface area contributed by atoms with Crippen LogP contribution >= 0.6 is 11.6 Å². The van der Waals surface area contributed by atoms with E-state index in [1.165, 1.54) is 6.20 Å². The summed E-state index contributed by atoms with van der Waals surface area (Å²) in [6, 6.07) is 1.56. The van der Waals surface area contributed by atoms with Crippen molar-refractivity contribution in [3.63, 3.8) is 0 Å². The average molecular weight is 214 g/mol. The normalized spacial score (nSPS) is 12.2. The number of halogens is 1. The lowest BCUT2D eigenvalue weighted by Gasteiger charge is -2.07. The second-order valence-corrected chi connectivity index (χ2v) is 3.39. The quantitative estimate of drug-likeness (QED) is 0.783. The Morgan fingerprint density at radius 3 is 3.00 bits per heavy atom. The van der Waals surface area contributed by atoms with Crippen LogP contribution in [0.4, 0.5) is 5.95 Å². The molecule has 0 aromatic carbocycles.